The molecular formula is C10H11BrN2OS. The SMILES string of the molecule is CCCC1N=C(c2cc(Br)cs2)NC1=O. The van der Waals surface area contributed by atoms with Gasteiger partial charge < -0.3 is 5.32 Å². The molecule has 1 aliphatic rings. The standard InChI is InChI=1S/C10H11BrN2OS/c1-2-3-7-10(14)13-9(12-7)8-4-6(11)5-15-8/h4-5,7H,2-3H2,1H3,(H,12,13,14). The number of carbonyl (C=O) groups excluding carboxylic acids is 1. The number of amides is 1. The zero-order valence-electron chi connectivity index (χ0n) is 8.29. The van der Waals surface area contributed by atoms with E-state index in [4.69, 9.17) is 0 Å². The number of hydrogen-bond donors (Lipinski definition) is 1. The fraction of sp³-hybridized carbons (Fsp3) is 0.400. The van der Waals surface area contributed by atoms with Crippen molar-refractivity contribution in [1.82, 2.24) is 5.32 Å². The van der Waals surface area contributed by atoms with Gasteiger partial charge in [0.15, 0.2) is 0 Å². The first-order valence-corrected chi connectivity index (χ1v) is 6.51. The summed E-state index contributed by atoms with van der Waals surface area (Å²) in [4.78, 5) is 16.9. The fourth-order valence-corrected chi connectivity index (χ4v) is 2.86. The normalized spacial score (nSPS) is 20.3. The Morgan fingerprint density at radius 3 is 3.07 bits per heavy atom. The van der Waals surface area contributed by atoms with E-state index in [1.165, 1.54) is 0 Å². The van der Waals surface area contributed by atoms with Crippen molar-refractivity contribution in [2.45, 2.75) is 25.8 Å². The van der Waals surface area contributed by atoms with Crippen LogP contribution in [0.5, 0.6) is 0 Å². The molecule has 0 bridgehead atoms. The Balaban J connectivity index is 2.18. The van der Waals surface area contributed by atoms with Crippen molar-refractivity contribution >= 4 is 39.0 Å². The summed E-state index contributed by atoms with van der Waals surface area (Å²) >= 11 is 4.96. The lowest BCUT2D eigenvalue weighted by atomic mass is 10.2. The Morgan fingerprint density at radius 1 is 1.67 bits per heavy atom. The van der Waals surface area contributed by atoms with Crippen LogP contribution in [0.1, 0.15) is 24.6 Å². The second kappa shape index (κ2) is 4.45. The number of nitrogens with zero attached hydrogens (tertiary/aromatic N) is 1. The fourth-order valence-electron chi connectivity index (χ4n) is 1.48. The number of rotatable bonds is 3. The summed E-state index contributed by atoms with van der Waals surface area (Å²) in [5.41, 5.74) is 0. The van der Waals surface area contributed by atoms with Crippen LogP contribution in [-0.4, -0.2) is 17.8 Å². The van der Waals surface area contributed by atoms with Gasteiger partial charge >= 0.3 is 0 Å². The van der Waals surface area contributed by atoms with Gasteiger partial charge in [0.2, 0.25) is 5.91 Å². The van der Waals surface area contributed by atoms with E-state index in [9.17, 15) is 4.79 Å². The van der Waals surface area contributed by atoms with Crippen LogP contribution in [0.25, 0.3) is 0 Å². The first-order chi connectivity index (χ1) is 7.20. The van der Waals surface area contributed by atoms with Crippen LogP contribution in [0.2, 0.25) is 0 Å². The number of carbonyl (C=O) groups is 1. The second-order valence-corrected chi connectivity index (χ2v) is 5.23. The van der Waals surface area contributed by atoms with Gasteiger partial charge in [-0.3, -0.25) is 9.79 Å². The summed E-state index contributed by atoms with van der Waals surface area (Å²) in [6.45, 7) is 2.06. The maximum absolute atomic E-state index is 11.5. The molecule has 15 heavy (non-hydrogen) atoms. The number of hydrogen-bond acceptors (Lipinski definition) is 3. The van der Waals surface area contributed by atoms with Crippen molar-refractivity contribution < 1.29 is 4.79 Å². The molecule has 1 aromatic rings. The summed E-state index contributed by atoms with van der Waals surface area (Å²) in [6, 6.07) is 1.78. The molecule has 2 heterocycles. The molecule has 0 radical (unpaired) electrons. The Bertz CT molecular complexity index is 413. The van der Waals surface area contributed by atoms with Crippen LogP contribution < -0.4 is 5.32 Å². The van der Waals surface area contributed by atoms with Crippen LogP contribution in [0.4, 0.5) is 0 Å². The van der Waals surface area contributed by atoms with Crippen LogP contribution in [-0.2, 0) is 4.79 Å². The predicted octanol–water partition coefficient (Wildman–Crippen LogP) is 2.56. The van der Waals surface area contributed by atoms with E-state index < -0.39 is 0 Å². The third-order valence-corrected chi connectivity index (χ3v) is 3.89. The molecule has 80 valence electrons. The molecule has 0 fully saturated rings. The minimum atomic E-state index is -0.189. The van der Waals surface area contributed by atoms with Gasteiger partial charge in [-0.15, -0.1) is 11.3 Å². The summed E-state index contributed by atoms with van der Waals surface area (Å²) in [7, 11) is 0. The molecule has 2 rings (SSSR count). The highest BCUT2D eigenvalue weighted by Gasteiger charge is 2.26. The third-order valence-electron chi connectivity index (χ3n) is 2.19. The number of thiophene rings is 1. The quantitative estimate of drug-likeness (QED) is 0.912. The Hall–Kier alpha value is -0.680. The molecule has 0 aliphatic carbocycles. The van der Waals surface area contributed by atoms with E-state index in [1.54, 1.807) is 11.3 Å². The maximum Gasteiger partial charge on any atom is 0.250 e. The molecule has 0 saturated carbocycles. The molecule has 5 heteroatoms. The number of halogens is 1. The van der Waals surface area contributed by atoms with Crippen molar-refractivity contribution in [3.05, 3.63) is 20.8 Å². The van der Waals surface area contributed by atoms with E-state index in [-0.39, 0.29) is 11.9 Å². The Morgan fingerprint density at radius 2 is 2.47 bits per heavy atom. The Kier molecular flexibility index (Phi) is 3.21. The smallest absolute Gasteiger partial charge is 0.250 e. The molecule has 0 saturated heterocycles. The molecule has 1 amide bonds. The first kappa shape index (κ1) is 10.8. The van der Waals surface area contributed by atoms with E-state index in [0.29, 0.717) is 5.84 Å². The first-order valence-electron chi connectivity index (χ1n) is 4.83. The molecule has 1 N–H and O–H groups in total. The molecule has 1 unspecified atom stereocenters. The van der Waals surface area contributed by atoms with Crippen molar-refractivity contribution in [2.75, 3.05) is 0 Å². The number of aliphatic imine (C=N–C) groups is 1. The maximum atomic E-state index is 11.5. The lowest BCUT2D eigenvalue weighted by molar-refractivity contribution is -0.120. The minimum absolute atomic E-state index is 0.0244. The van der Waals surface area contributed by atoms with Gasteiger partial charge in [0.05, 0.1) is 4.88 Å². The second-order valence-electron chi connectivity index (χ2n) is 3.40. The summed E-state index contributed by atoms with van der Waals surface area (Å²) in [5.74, 6) is 0.741. The van der Waals surface area contributed by atoms with E-state index in [0.717, 1.165) is 22.2 Å². The Labute approximate surface area is 101 Å². The molecule has 0 aromatic carbocycles. The van der Waals surface area contributed by atoms with Crippen LogP contribution in [0.3, 0.4) is 0 Å². The molecule has 0 spiro atoms. The zero-order valence-corrected chi connectivity index (χ0v) is 10.7. The van der Waals surface area contributed by atoms with Crippen molar-refractivity contribution in [3.63, 3.8) is 0 Å². The summed E-state index contributed by atoms with van der Waals surface area (Å²) < 4.78 is 1.03. The third kappa shape index (κ3) is 2.29. The lowest BCUT2D eigenvalue weighted by Gasteiger charge is -1.99. The van der Waals surface area contributed by atoms with E-state index in [2.05, 4.69) is 33.2 Å². The van der Waals surface area contributed by atoms with Gasteiger partial charge in [-0.2, -0.15) is 0 Å². The zero-order chi connectivity index (χ0) is 10.8. The highest BCUT2D eigenvalue weighted by atomic mass is 79.9. The summed E-state index contributed by atoms with van der Waals surface area (Å²) in [6.07, 6.45) is 1.80. The van der Waals surface area contributed by atoms with Gasteiger partial charge in [-0.25, -0.2) is 0 Å². The van der Waals surface area contributed by atoms with Gasteiger partial charge in [-0.1, -0.05) is 13.3 Å². The molecule has 1 atom stereocenters. The predicted molar refractivity (Wildman–Crippen MR) is 65.4 cm³/mol. The highest BCUT2D eigenvalue weighted by Crippen LogP contribution is 2.22. The average molecular weight is 287 g/mol. The topological polar surface area (TPSA) is 41.5 Å². The minimum Gasteiger partial charge on any atom is -0.308 e. The summed E-state index contributed by atoms with van der Waals surface area (Å²) in [5, 5.41) is 4.80. The monoisotopic (exact) mass is 286 g/mol. The van der Waals surface area contributed by atoms with E-state index >= 15 is 0 Å². The highest BCUT2D eigenvalue weighted by molar-refractivity contribution is 9.10. The van der Waals surface area contributed by atoms with Gasteiger partial charge in [0, 0.05) is 9.85 Å². The van der Waals surface area contributed by atoms with Gasteiger partial charge in [-0.05, 0) is 28.4 Å². The lowest BCUT2D eigenvalue weighted by Crippen LogP contribution is -2.28. The number of nitrogens with one attached hydrogen (secondary N) is 1. The molecule has 1 aromatic heterocycles. The van der Waals surface area contributed by atoms with Crippen molar-refractivity contribution in [2.24, 2.45) is 4.99 Å². The van der Waals surface area contributed by atoms with Crippen LogP contribution in [0, 0.1) is 0 Å². The van der Waals surface area contributed by atoms with Gasteiger partial charge in [0.25, 0.3) is 0 Å². The van der Waals surface area contributed by atoms with Crippen LogP contribution >= 0.6 is 27.3 Å². The largest absolute Gasteiger partial charge is 0.308 e. The average Bonchev–Trinajstić information content (AvgIpc) is 2.75. The van der Waals surface area contributed by atoms with E-state index in [1.807, 2.05) is 11.4 Å². The molecular weight excluding hydrogens is 276 g/mol. The van der Waals surface area contributed by atoms with Crippen molar-refractivity contribution in [3.8, 4) is 0 Å². The van der Waals surface area contributed by atoms with Crippen molar-refractivity contribution in [1.29, 1.82) is 0 Å². The van der Waals surface area contributed by atoms with Gasteiger partial charge in [0.1, 0.15) is 11.9 Å². The number of amidine groups is 1. The van der Waals surface area contributed by atoms with Crippen LogP contribution in [0.15, 0.2) is 20.9 Å². The molecule has 3 nitrogen and oxygen atoms in total. The molecule has 1 aliphatic heterocycles.